The number of carbonyl (C=O) groups is 1. The van der Waals surface area contributed by atoms with E-state index in [9.17, 15) is 9.18 Å². The molecule has 0 spiro atoms. The van der Waals surface area contributed by atoms with Crippen LogP contribution >= 0.6 is 0 Å². The van der Waals surface area contributed by atoms with Crippen LogP contribution in [0, 0.1) is 19.7 Å². The Morgan fingerprint density at radius 3 is 2.82 bits per heavy atom. The third kappa shape index (κ3) is 4.07. The second-order valence-corrected chi connectivity index (χ2v) is 5.27. The van der Waals surface area contributed by atoms with Crippen molar-refractivity contribution < 1.29 is 13.7 Å². The summed E-state index contributed by atoms with van der Waals surface area (Å²) in [6.45, 7) is 4.56. The van der Waals surface area contributed by atoms with Gasteiger partial charge in [0.15, 0.2) is 0 Å². The summed E-state index contributed by atoms with van der Waals surface area (Å²) in [6, 6.07) is 6.19. The zero-order chi connectivity index (χ0) is 16.1. The summed E-state index contributed by atoms with van der Waals surface area (Å²) in [5.74, 6) is 0.455. The van der Waals surface area contributed by atoms with Gasteiger partial charge < -0.3 is 14.7 Å². The van der Waals surface area contributed by atoms with Crippen LogP contribution in [0.4, 0.5) is 9.18 Å². The largest absolute Gasteiger partial charge is 0.361 e. The van der Waals surface area contributed by atoms with Crippen LogP contribution in [-0.2, 0) is 13.0 Å². The number of hydrogen-bond acceptors (Lipinski definition) is 3. The lowest BCUT2D eigenvalue weighted by Gasteiger charge is -2.17. The number of amides is 2. The molecule has 0 radical (unpaired) electrons. The number of nitrogens with one attached hydrogen (secondary N) is 1. The van der Waals surface area contributed by atoms with E-state index in [1.165, 1.54) is 12.1 Å². The van der Waals surface area contributed by atoms with Crippen LogP contribution < -0.4 is 5.32 Å². The first kappa shape index (κ1) is 16.0. The van der Waals surface area contributed by atoms with Crippen molar-refractivity contribution in [1.29, 1.82) is 0 Å². The first-order chi connectivity index (χ1) is 10.5. The van der Waals surface area contributed by atoms with Crippen LogP contribution in [0.25, 0.3) is 0 Å². The van der Waals surface area contributed by atoms with Gasteiger partial charge in [-0.05, 0) is 38.0 Å². The maximum Gasteiger partial charge on any atom is 0.317 e. The molecule has 6 heteroatoms. The predicted molar refractivity (Wildman–Crippen MR) is 80.9 cm³/mol. The Bertz CT molecular complexity index is 635. The Balaban J connectivity index is 1.82. The van der Waals surface area contributed by atoms with Gasteiger partial charge in [0.1, 0.15) is 11.6 Å². The van der Waals surface area contributed by atoms with Crippen LogP contribution in [0.3, 0.4) is 0 Å². The Morgan fingerprint density at radius 1 is 1.41 bits per heavy atom. The Morgan fingerprint density at radius 2 is 2.18 bits per heavy atom. The van der Waals surface area contributed by atoms with Crippen molar-refractivity contribution in [3.8, 4) is 0 Å². The molecular weight excluding hydrogens is 285 g/mol. The first-order valence-corrected chi connectivity index (χ1v) is 7.12. The van der Waals surface area contributed by atoms with Crippen molar-refractivity contribution in [2.24, 2.45) is 0 Å². The van der Waals surface area contributed by atoms with E-state index in [0.29, 0.717) is 19.5 Å². The van der Waals surface area contributed by atoms with Crippen molar-refractivity contribution in [3.05, 3.63) is 52.7 Å². The van der Waals surface area contributed by atoms with Gasteiger partial charge in [0.25, 0.3) is 0 Å². The van der Waals surface area contributed by atoms with E-state index in [1.807, 2.05) is 19.9 Å². The molecule has 1 N–H and O–H groups in total. The summed E-state index contributed by atoms with van der Waals surface area (Å²) in [6.07, 6.45) is 0.586. The molecule has 1 aromatic heterocycles. The number of nitrogens with zero attached hydrogens (tertiary/aromatic N) is 2. The molecule has 0 aliphatic rings. The van der Waals surface area contributed by atoms with Crippen molar-refractivity contribution >= 4 is 6.03 Å². The highest BCUT2D eigenvalue weighted by Crippen LogP contribution is 2.14. The molecule has 0 unspecified atom stereocenters. The molecular formula is C16H20FN3O2. The molecule has 2 aromatic rings. The summed E-state index contributed by atoms with van der Waals surface area (Å²) < 4.78 is 18.1. The lowest BCUT2D eigenvalue weighted by atomic mass is 10.1. The van der Waals surface area contributed by atoms with Gasteiger partial charge in [0.2, 0.25) is 0 Å². The maximum absolute atomic E-state index is 13.1. The highest BCUT2D eigenvalue weighted by molar-refractivity contribution is 5.73. The minimum atomic E-state index is -0.264. The van der Waals surface area contributed by atoms with Crippen LogP contribution in [-0.4, -0.2) is 29.7 Å². The Hall–Kier alpha value is -2.37. The van der Waals surface area contributed by atoms with Gasteiger partial charge in [0.05, 0.1) is 12.2 Å². The van der Waals surface area contributed by atoms with Crippen molar-refractivity contribution in [3.63, 3.8) is 0 Å². The van der Waals surface area contributed by atoms with Crippen LogP contribution in [0.2, 0.25) is 0 Å². The molecule has 0 saturated heterocycles. The third-order valence-electron chi connectivity index (χ3n) is 3.50. The van der Waals surface area contributed by atoms with Crippen molar-refractivity contribution in [2.45, 2.75) is 26.8 Å². The number of benzene rings is 1. The number of aryl methyl sites for hydroxylation is 2. The second kappa shape index (κ2) is 7.06. The number of rotatable bonds is 5. The van der Waals surface area contributed by atoms with Crippen LogP contribution in [0.1, 0.15) is 22.6 Å². The number of aromatic nitrogens is 1. The molecule has 118 valence electrons. The highest BCUT2D eigenvalue weighted by atomic mass is 19.1. The summed E-state index contributed by atoms with van der Waals surface area (Å²) >= 11 is 0. The topological polar surface area (TPSA) is 58.4 Å². The number of hydrogen-bond donors (Lipinski definition) is 1. The molecule has 2 amide bonds. The average molecular weight is 305 g/mol. The summed E-state index contributed by atoms with van der Waals surface area (Å²) in [4.78, 5) is 13.6. The molecule has 0 aliphatic carbocycles. The summed E-state index contributed by atoms with van der Waals surface area (Å²) in [7, 11) is 1.71. The zero-order valence-electron chi connectivity index (χ0n) is 13.0. The molecule has 0 saturated carbocycles. The van der Waals surface area contributed by atoms with Gasteiger partial charge in [-0.2, -0.15) is 0 Å². The third-order valence-corrected chi connectivity index (χ3v) is 3.50. The molecule has 1 aromatic carbocycles. The molecule has 2 rings (SSSR count). The fourth-order valence-electron chi connectivity index (χ4n) is 2.18. The molecule has 0 aliphatic heterocycles. The fourth-order valence-corrected chi connectivity index (χ4v) is 2.18. The number of carbonyl (C=O) groups excluding carboxylic acids is 1. The molecule has 0 atom stereocenters. The van der Waals surface area contributed by atoms with Crippen LogP contribution in [0.5, 0.6) is 0 Å². The molecule has 22 heavy (non-hydrogen) atoms. The summed E-state index contributed by atoms with van der Waals surface area (Å²) in [5.41, 5.74) is 2.56. The van der Waals surface area contributed by atoms with Gasteiger partial charge in [-0.1, -0.05) is 17.3 Å². The minimum Gasteiger partial charge on any atom is -0.361 e. The van der Waals surface area contributed by atoms with Gasteiger partial charge in [-0.3, -0.25) is 0 Å². The first-order valence-electron chi connectivity index (χ1n) is 7.12. The van der Waals surface area contributed by atoms with E-state index in [2.05, 4.69) is 10.5 Å². The average Bonchev–Trinajstić information content (AvgIpc) is 2.79. The molecule has 1 heterocycles. The maximum atomic E-state index is 13.1. The highest BCUT2D eigenvalue weighted by Gasteiger charge is 2.14. The van der Waals surface area contributed by atoms with Gasteiger partial charge in [0, 0.05) is 19.2 Å². The SMILES string of the molecule is Cc1noc(C)c1CN(C)C(=O)NCCc1cccc(F)c1. The van der Waals surface area contributed by atoms with E-state index in [0.717, 1.165) is 22.6 Å². The van der Waals surface area contributed by atoms with E-state index in [-0.39, 0.29) is 11.8 Å². The fraction of sp³-hybridized carbons (Fsp3) is 0.375. The van der Waals surface area contributed by atoms with E-state index < -0.39 is 0 Å². The second-order valence-electron chi connectivity index (χ2n) is 5.27. The Labute approximate surface area is 129 Å². The molecule has 5 nitrogen and oxygen atoms in total. The van der Waals surface area contributed by atoms with Gasteiger partial charge >= 0.3 is 6.03 Å². The standard InChI is InChI=1S/C16H20FN3O2/c1-11-15(12(2)22-19-11)10-20(3)16(21)18-8-7-13-5-4-6-14(17)9-13/h4-6,9H,7-8,10H2,1-3H3,(H,18,21). The zero-order valence-corrected chi connectivity index (χ0v) is 13.0. The normalized spacial score (nSPS) is 10.5. The van der Waals surface area contributed by atoms with Gasteiger partial charge in [-0.15, -0.1) is 0 Å². The lowest BCUT2D eigenvalue weighted by Crippen LogP contribution is -2.38. The predicted octanol–water partition coefficient (Wildman–Crippen LogP) is 2.81. The van der Waals surface area contributed by atoms with E-state index in [4.69, 9.17) is 4.52 Å². The smallest absolute Gasteiger partial charge is 0.317 e. The Kier molecular flexibility index (Phi) is 5.14. The number of halogens is 1. The number of urea groups is 1. The van der Waals surface area contributed by atoms with E-state index >= 15 is 0 Å². The van der Waals surface area contributed by atoms with Crippen molar-refractivity contribution in [2.75, 3.05) is 13.6 Å². The summed E-state index contributed by atoms with van der Waals surface area (Å²) in [5, 5.41) is 6.68. The molecule has 0 bridgehead atoms. The van der Waals surface area contributed by atoms with E-state index in [1.54, 1.807) is 18.0 Å². The molecule has 0 fully saturated rings. The minimum absolute atomic E-state index is 0.184. The van der Waals surface area contributed by atoms with Crippen molar-refractivity contribution in [1.82, 2.24) is 15.4 Å². The monoisotopic (exact) mass is 305 g/mol. The van der Waals surface area contributed by atoms with Gasteiger partial charge in [-0.25, -0.2) is 9.18 Å². The quantitative estimate of drug-likeness (QED) is 0.924. The lowest BCUT2D eigenvalue weighted by molar-refractivity contribution is 0.207. The van der Waals surface area contributed by atoms with Crippen LogP contribution in [0.15, 0.2) is 28.8 Å².